The van der Waals surface area contributed by atoms with Crippen molar-refractivity contribution in [1.29, 1.82) is 0 Å². The summed E-state index contributed by atoms with van der Waals surface area (Å²) in [5, 5.41) is 0. The van der Waals surface area contributed by atoms with Gasteiger partial charge in [0.1, 0.15) is 17.4 Å². The van der Waals surface area contributed by atoms with Gasteiger partial charge in [0, 0.05) is 6.61 Å². The van der Waals surface area contributed by atoms with Gasteiger partial charge in [-0.1, -0.05) is 76.9 Å². The fourth-order valence-electron chi connectivity index (χ4n) is 4.40. The van der Waals surface area contributed by atoms with Crippen LogP contribution in [0.1, 0.15) is 71.1 Å². The Morgan fingerprint density at radius 1 is 0.962 bits per heavy atom. The average molecular weight is 364 g/mol. The summed E-state index contributed by atoms with van der Waals surface area (Å²) in [6, 6.07) is 0. The molecule has 2 unspecified atom stereocenters. The third-order valence-corrected chi connectivity index (χ3v) is 5.86. The molecule has 0 aliphatic carbocycles. The molecule has 3 aliphatic rings. The highest BCUT2D eigenvalue weighted by molar-refractivity contribution is 5.99. The molecule has 5 heteroatoms. The van der Waals surface area contributed by atoms with Crippen LogP contribution >= 0.6 is 0 Å². The zero-order chi connectivity index (χ0) is 18.4. The van der Waals surface area contributed by atoms with E-state index in [1.54, 1.807) is 0 Å². The Kier molecular flexibility index (Phi) is 6.87. The Labute approximate surface area is 156 Å². The first kappa shape index (κ1) is 19.6. The highest BCUT2D eigenvalue weighted by Gasteiger charge is 2.67. The molecule has 0 spiro atoms. The number of carbonyl (C=O) groups is 2. The van der Waals surface area contributed by atoms with Gasteiger partial charge < -0.3 is 14.2 Å². The first-order valence-electron chi connectivity index (χ1n) is 10.4. The van der Waals surface area contributed by atoms with Crippen molar-refractivity contribution < 1.29 is 23.8 Å². The van der Waals surface area contributed by atoms with Gasteiger partial charge >= 0.3 is 11.9 Å². The Hall–Kier alpha value is -1.20. The molecule has 3 rings (SSSR count). The lowest BCUT2D eigenvalue weighted by Gasteiger charge is -2.26. The predicted octanol–water partition coefficient (Wildman–Crippen LogP) is 3.95. The summed E-state index contributed by atoms with van der Waals surface area (Å²) in [6.07, 6.45) is 16.3. The summed E-state index contributed by atoms with van der Waals surface area (Å²) in [4.78, 5) is 23.7. The van der Waals surface area contributed by atoms with E-state index in [2.05, 4.69) is 6.92 Å². The number of hydrogen-bond acceptors (Lipinski definition) is 5. The third-order valence-electron chi connectivity index (χ3n) is 5.86. The number of esters is 2. The highest BCUT2D eigenvalue weighted by atomic mass is 16.6. The average Bonchev–Trinajstić information content (AvgIpc) is 3.27. The van der Waals surface area contributed by atoms with Crippen LogP contribution in [0.15, 0.2) is 12.2 Å². The number of rotatable bonds is 13. The Morgan fingerprint density at radius 3 is 2.31 bits per heavy atom. The van der Waals surface area contributed by atoms with Crippen LogP contribution in [0.5, 0.6) is 0 Å². The summed E-state index contributed by atoms with van der Waals surface area (Å²) < 4.78 is 16.5. The minimum atomic E-state index is -0.795. The molecule has 0 aromatic heterocycles. The Balaban J connectivity index is 1.25. The number of fused-ring (bicyclic) bond motifs is 5. The van der Waals surface area contributed by atoms with E-state index in [4.69, 9.17) is 14.2 Å². The van der Waals surface area contributed by atoms with Gasteiger partial charge in [-0.2, -0.15) is 0 Å². The number of hydrogen-bond donors (Lipinski definition) is 0. The molecule has 0 N–H and O–H groups in total. The van der Waals surface area contributed by atoms with Crippen LogP contribution in [0.25, 0.3) is 0 Å². The first-order chi connectivity index (χ1) is 12.7. The molecule has 3 heterocycles. The molecule has 2 saturated heterocycles. The molecular weight excluding hydrogens is 332 g/mol. The molecule has 0 radical (unpaired) electrons. The molecule has 3 aliphatic heterocycles. The van der Waals surface area contributed by atoms with Crippen LogP contribution in [0.3, 0.4) is 0 Å². The fourth-order valence-corrected chi connectivity index (χ4v) is 4.40. The molecule has 2 fully saturated rings. The zero-order valence-corrected chi connectivity index (χ0v) is 15.9. The normalized spacial score (nSPS) is 31.7. The minimum absolute atomic E-state index is 0.320. The van der Waals surface area contributed by atoms with Crippen molar-refractivity contribution in [3.8, 4) is 0 Å². The molecule has 0 saturated carbocycles. The van der Waals surface area contributed by atoms with E-state index in [-0.39, 0.29) is 6.10 Å². The maximum absolute atomic E-state index is 12.0. The summed E-state index contributed by atoms with van der Waals surface area (Å²) in [7, 11) is 0. The van der Waals surface area contributed by atoms with Crippen molar-refractivity contribution in [2.24, 2.45) is 11.8 Å². The van der Waals surface area contributed by atoms with Crippen LogP contribution in [-0.4, -0.2) is 36.9 Å². The standard InChI is InChI=1S/C21H32O5/c1-2-3-4-5-6-7-8-9-10-11-14-24-15-21-13-12-16(26-21)17-18(21)20(23)25-19(17)22/h12-13,16-18H,2-11,14-15H2,1H3/t16-,17?,18?,21-/m1/s1. The SMILES string of the molecule is CCCCCCCCCCCCOC[C@@]12C=C[C@@H](O1)C1C(=O)OC(=O)C12. The molecule has 5 nitrogen and oxygen atoms in total. The second-order valence-electron chi connectivity index (χ2n) is 7.87. The molecule has 146 valence electrons. The summed E-state index contributed by atoms with van der Waals surface area (Å²) >= 11 is 0. The molecule has 0 aromatic rings. The molecule has 0 aromatic carbocycles. The molecule has 4 atom stereocenters. The Bertz CT molecular complexity index is 528. The van der Waals surface area contributed by atoms with Gasteiger partial charge in [-0.3, -0.25) is 9.59 Å². The van der Waals surface area contributed by atoms with Crippen molar-refractivity contribution in [3.63, 3.8) is 0 Å². The Morgan fingerprint density at radius 2 is 1.62 bits per heavy atom. The maximum Gasteiger partial charge on any atom is 0.320 e. The largest absolute Gasteiger partial charge is 0.393 e. The lowest BCUT2D eigenvalue weighted by Crippen LogP contribution is -2.42. The van der Waals surface area contributed by atoms with Gasteiger partial charge in [-0.05, 0) is 6.42 Å². The number of unbranched alkanes of at least 4 members (excludes halogenated alkanes) is 9. The van der Waals surface area contributed by atoms with Crippen LogP contribution in [-0.2, 0) is 23.8 Å². The van der Waals surface area contributed by atoms with Gasteiger partial charge in [0.25, 0.3) is 0 Å². The smallest absolute Gasteiger partial charge is 0.320 e. The van der Waals surface area contributed by atoms with Crippen molar-refractivity contribution in [2.75, 3.05) is 13.2 Å². The lowest BCUT2D eigenvalue weighted by molar-refractivity contribution is -0.159. The van der Waals surface area contributed by atoms with E-state index < -0.39 is 29.4 Å². The lowest BCUT2D eigenvalue weighted by atomic mass is 9.77. The monoisotopic (exact) mass is 364 g/mol. The van der Waals surface area contributed by atoms with Gasteiger partial charge in [-0.15, -0.1) is 0 Å². The van der Waals surface area contributed by atoms with Gasteiger partial charge in [0.15, 0.2) is 0 Å². The molecule has 2 bridgehead atoms. The molecular formula is C21H32O5. The van der Waals surface area contributed by atoms with E-state index in [9.17, 15) is 9.59 Å². The maximum atomic E-state index is 12.0. The van der Waals surface area contributed by atoms with Crippen molar-refractivity contribution in [1.82, 2.24) is 0 Å². The van der Waals surface area contributed by atoms with E-state index in [1.165, 1.54) is 57.8 Å². The first-order valence-corrected chi connectivity index (χ1v) is 10.4. The minimum Gasteiger partial charge on any atom is -0.393 e. The van der Waals surface area contributed by atoms with Crippen LogP contribution in [0.2, 0.25) is 0 Å². The fraction of sp³-hybridized carbons (Fsp3) is 0.810. The summed E-state index contributed by atoms with van der Waals surface area (Å²) in [5.74, 6) is -1.92. The van der Waals surface area contributed by atoms with Gasteiger partial charge in [0.05, 0.1) is 12.7 Å². The predicted molar refractivity (Wildman–Crippen MR) is 97.5 cm³/mol. The summed E-state index contributed by atoms with van der Waals surface area (Å²) in [5.41, 5.74) is -0.795. The van der Waals surface area contributed by atoms with E-state index in [0.717, 1.165) is 6.42 Å². The van der Waals surface area contributed by atoms with Gasteiger partial charge in [0.2, 0.25) is 0 Å². The summed E-state index contributed by atoms with van der Waals surface area (Å²) in [6.45, 7) is 3.24. The number of cyclic esters (lactones) is 2. The molecule has 0 amide bonds. The van der Waals surface area contributed by atoms with Crippen molar-refractivity contribution in [2.45, 2.75) is 82.8 Å². The second kappa shape index (κ2) is 9.14. The highest BCUT2D eigenvalue weighted by Crippen LogP contribution is 2.51. The van der Waals surface area contributed by atoms with Crippen LogP contribution in [0, 0.1) is 11.8 Å². The zero-order valence-electron chi connectivity index (χ0n) is 15.9. The van der Waals surface area contributed by atoms with Crippen LogP contribution in [0.4, 0.5) is 0 Å². The molecule has 26 heavy (non-hydrogen) atoms. The number of ether oxygens (including phenoxy) is 3. The topological polar surface area (TPSA) is 61.8 Å². The van der Waals surface area contributed by atoms with Gasteiger partial charge in [-0.25, -0.2) is 0 Å². The van der Waals surface area contributed by atoms with Crippen molar-refractivity contribution >= 4 is 11.9 Å². The second-order valence-corrected chi connectivity index (χ2v) is 7.87. The van der Waals surface area contributed by atoms with Crippen LogP contribution < -0.4 is 0 Å². The van der Waals surface area contributed by atoms with E-state index in [1.807, 2.05) is 12.2 Å². The third kappa shape index (κ3) is 4.20. The van der Waals surface area contributed by atoms with E-state index in [0.29, 0.717) is 13.2 Å². The van der Waals surface area contributed by atoms with Crippen molar-refractivity contribution in [3.05, 3.63) is 12.2 Å². The quantitative estimate of drug-likeness (QED) is 0.214. The number of carbonyl (C=O) groups excluding carboxylic acids is 2. The van der Waals surface area contributed by atoms with E-state index >= 15 is 0 Å².